The van der Waals surface area contributed by atoms with Crippen molar-refractivity contribution >= 4 is 22.9 Å². The zero-order chi connectivity index (χ0) is 11.8. The van der Waals surface area contributed by atoms with Gasteiger partial charge in [-0.3, -0.25) is 0 Å². The van der Waals surface area contributed by atoms with E-state index in [-0.39, 0.29) is 0 Å². The van der Waals surface area contributed by atoms with Crippen LogP contribution in [-0.2, 0) is 0 Å². The highest BCUT2D eigenvalue weighted by molar-refractivity contribution is 7.10. The molecule has 2 rings (SSSR count). The highest BCUT2D eigenvalue weighted by Gasteiger charge is 2.44. The summed E-state index contributed by atoms with van der Waals surface area (Å²) in [6.45, 7) is 2.13. The monoisotopic (exact) mass is 255 g/mol. The highest BCUT2D eigenvalue weighted by atomic mass is 35.5. The standard InChI is InChI=1S/C12H14ClNOS/c1-8-2-3-12(5-8,7-14)11(15)10-4-9(13)6-16-10/h4,6,8,11,15H,2-3,5H2,1H3. The number of hydrogen-bond acceptors (Lipinski definition) is 3. The number of aliphatic hydroxyl groups excluding tert-OH is 1. The molecule has 1 aliphatic rings. The van der Waals surface area contributed by atoms with E-state index < -0.39 is 11.5 Å². The molecule has 3 unspecified atom stereocenters. The third-order valence-corrected chi connectivity index (χ3v) is 4.73. The zero-order valence-electron chi connectivity index (χ0n) is 9.11. The van der Waals surface area contributed by atoms with E-state index in [0.717, 1.165) is 24.1 Å². The van der Waals surface area contributed by atoms with Gasteiger partial charge in [-0.15, -0.1) is 11.3 Å². The lowest BCUT2D eigenvalue weighted by Crippen LogP contribution is -2.23. The van der Waals surface area contributed by atoms with E-state index in [2.05, 4.69) is 13.0 Å². The summed E-state index contributed by atoms with van der Waals surface area (Å²) in [6, 6.07) is 4.09. The van der Waals surface area contributed by atoms with Crippen molar-refractivity contribution in [3.05, 3.63) is 21.3 Å². The summed E-state index contributed by atoms with van der Waals surface area (Å²) in [5.74, 6) is 0.518. The van der Waals surface area contributed by atoms with E-state index in [9.17, 15) is 10.4 Å². The van der Waals surface area contributed by atoms with Gasteiger partial charge in [0.2, 0.25) is 0 Å². The topological polar surface area (TPSA) is 44.0 Å². The number of aliphatic hydroxyl groups is 1. The molecule has 0 aliphatic heterocycles. The molecule has 1 aromatic rings. The van der Waals surface area contributed by atoms with Gasteiger partial charge in [-0.05, 0) is 31.2 Å². The summed E-state index contributed by atoms with van der Waals surface area (Å²) in [5, 5.41) is 22.1. The number of hydrogen-bond donors (Lipinski definition) is 1. The van der Waals surface area contributed by atoms with Crippen molar-refractivity contribution in [1.82, 2.24) is 0 Å². The molecule has 1 fully saturated rings. The van der Waals surface area contributed by atoms with Crippen molar-refractivity contribution < 1.29 is 5.11 Å². The molecule has 16 heavy (non-hydrogen) atoms. The minimum Gasteiger partial charge on any atom is -0.386 e. The number of thiophene rings is 1. The molecule has 0 saturated heterocycles. The van der Waals surface area contributed by atoms with Crippen molar-refractivity contribution in [3.63, 3.8) is 0 Å². The summed E-state index contributed by atoms with van der Waals surface area (Å²) in [5.41, 5.74) is -0.604. The van der Waals surface area contributed by atoms with E-state index in [1.54, 1.807) is 11.4 Å². The molecule has 4 heteroatoms. The third kappa shape index (κ3) is 1.98. The molecular weight excluding hydrogens is 242 g/mol. The van der Waals surface area contributed by atoms with E-state index in [1.807, 2.05) is 0 Å². The summed E-state index contributed by atoms with van der Waals surface area (Å²) in [6.07, 6.45) is 1.88. The first-order valence-corrected chi connectivity index (χ1v) is 6.66. The molecule has 86 valence electrons. The molecule has 2 nitrogen and oxygen atoms in total. The normalized spacial score (nSPS) is 31.2. The summed E-state index contributed by atoms with van der Waals surface area (Å²) in [4.78, 5) is 0.806. The predicted octanol–water partition coefficient (Wildman–Crippen LogP) is 3.76. The Balaban J connectivity index is 2.26. The van der Waals surface area contributed by atoms with Crippen LogP contribution in [0.15, 0.2) is 11.4 Å². The number of nitrogens with zero attached hydrogens (tertiary/aromatic N) is 1. The Hall–Kier alpha value is -0.560. The zero-order valence-corrected chi connectivity index (χ0v) is 10.7. The van der Waals surface area contributed by atoms with Crippen LogP contribution in [0.3, 0.4) is 0 Å². The Morgan fingerprint density at radius 3 is 2.94 bits per heavy atom. The Labute approximate surface area is 104 Å². The van der Waals surface area contributed by atoms with Gasteiger partial charge in [-0.25, -0.2) is 0 Å². The van der Waals surface area contributed by atoms with Gasteiger partial charge >= 0.3 is 0 Å². The first-order valence-electron chi connectivity index (χ1n) is 5.40. The highest BCUT2D eigenvalue weighted by Crippen LogP contribution is 2.50. The van der Waals surface area contributed by atoms with Crippen LogP contribution >= 0.6 is 22.9 Å². The lowest BCUT2D eigenvalue weighted by Gasteiger charge is -2.26. The number of nitriles is 1. The molecule has 1 heterocycles. The largest absolute Gasteiger partial charge is 0.386 e. The van der Waals surface area contributed by atoms with Crippen LogP contribution in [0.25, 0.3) is 0 Å². The van der Waals surface area contributed by atoms with E-state index in [4.69, 9.17) is 11.6 Å². The van der Waals surface area contributed by atoms with Crippen LogP contribution in [0.4, 0.5) is 0 Å². The van der Waals surface area contributed by atoms with Gasteiger partial charge in [0.25, 0.3) is 0 Å². The molecule has 0 bridgehead atoms. The summed E-state index contributed by atoms with van der Waals surface area (Å²) >= 11 is 7.27. The first-order chi connectivity index (χ1) is 7.57. The molecular formula is C12H14ClNOS. The lowest BCUT2D eigenvalue weighted by atomic mass is 9.80. The average Bonchev–Trinajstić information content (AvgIpc) is 2.85. The van der Waals surface area contributed by atoms with Gasteiger partial charge in [0.05, 0.1) is 16.5 Å². The van der Waals surface area contributed by atoms with Gasteiger partial charge in [-0.1, -0.05) is 18.5 Å². The molecule has 1 saturated carbocycles. The number of halogens is 1. The van der Waals surface area contributed by atoms with E-state index >= 15 is 0 Å². The molecule has 0 radical (unpaired) electrons. The van der Waals surface area contributed by atoms with E-state index in [1.165, 1.54) is 11.3 Å². The fraction of sp³-hybridized carbons (Fsp3) is 0.583. The Bertz CT molecular complexity index is 425. The molecule has 0 aromatic carbocycles. The summed E-state index contributed by atoms with van der Waals surface area (Å²) < 4.78 is 0. The average molecular weight is 256 g/mol. The smallest absolute Gasteiger partial charge is 0.107 e. The Kier molecular flexibility index (Phi) is 3.25. The van der Waals surface area contributed by atoms with Gasteiger partial charge in [0, 0.05) is 10.3 Å². The minimum atomic E-state index is -0.694. The van der Waals surface area contributed by atoms with Gasteiger partial charge in [0.15, 0.2) is 0 Å². The van der Waals surface area contributed by atoms with Crippen molar-refractivity contribution in [2.75, 3.05) is 0 Å². The first kappa shape index (κ1) is 11.9. The van der Waals surface area contributed by atoms with Crippen LogP contribution in [0, 0.1) is 22.7 Å². The summed E-state index contributed by atoms with van der Waals surface area (Å²) in [7, 11) is 0. The molecule has 1 aliphatic carbocycles. The van der Waals surface area contributed by atoms with Crippen LogP contribution < -0.4 is 0 Å². The van der Waals surface area contributed by atoms with Crippen molar-refractivity contribution in [1.29, 1.82) is 5.26 Å². The maximum absolute atomic E-state index is 10.3. The molecule has 3 atom stereocenters. The van der Waals surface area contributed by atoms with Crippen molar-refractivity contribution in [3.8, 4) is 6.07 Å². The van der Waals surface area contributed by atoms with Gasteiger partial charge in [-0.2, -0.15) is 5.26 Å². The van der Waals surface area contributed by atoms with Crippen LogP contribution in [0.2, 0.25) is 5.02 Å². The van der Waals surface area contributed by atoms with Gasteiger partial charge in [0.1, 0.15) is 6.10 Å². The lowest BCUT2D eigenvalue weighted by molar-refractivity contribution is 0.0678. The van der Waals surface area contributed by atoms with Crippen molar-refractivity contribution in [2.24, 2.45) is 11.3 Å². The van der Waals surface area contributed by atoms with E-state index in [0.29, 0.717) is 10.9 Å². The van der Waals surface area contributed by atoms with Crippen molar-refractivity contribution in [2.45, 2.75) is 32.3 Å². The fourth-order valence-electron chi connectivity index (χ4n) is 2.48. The maximum Gasteiger partial charge on any atom is 0.107 e. The second kappa shape index (κ2) is 4.37. The maximum atomic E-state index is 10.3. The quantitative estimate of drug-likeness (QED) is 0.874. The predicted molar refractivity (Wildman–Crippen MR) is 65.3 cm³/mol. The molecule has 1 aromatic heterocycles. The van der Waals surface area contributed by atoms with Gasteiger partial charge < -0.3 is 5.11 Å². The second-order valence-corrected chi connectivity index (χ2v) is 6.06. The fourth-order valence-corrected chi connectivity index (χ4v) is 3.67. The van der Waals surface area contributed by atoms with Crippen LogP contribution in [-0.4, -0.2) is 5.11 Å². The SMILES string of the molecule is CC1CCC(C#N)(C(O)c2cc(Cl)cs2)C1. The Morgan fingerprint density at radius 1 is 1.75 bits per heavy atom. The second-order valence-electron chi connectivity index (χ2n) is 4.69. The molecule has 1 N–H and O–H groups in total. The van der Waals surface area contributed by atoms with Crippen LogP contribution in [0.5, 0.6) is 0 Å². The number of rotatable bonds is 2. The Morgan fingerprint density at radius 2 is 2.50 bits per heavy atom. The minimum absolute atomic E-state index is 0.518. The third-order valence-electron chi connectivity index (χ3n) is 3.40. The van der Waals surface area contributed by atoms with Crippen LogP contribution in [0.1, 0.15) is 37.2 Å². The molecule has 0 spiro atoms. The molecule has 0 amide bonds.